The Labute approximate surface area is 238 Å². The number of allylic oxidation sites excluding steroid dienone is 4. The van der Waals surface area contributed by atoms with Gasteiger partial charge in [-0.15, -0.1) is 0 Å². The summed E-state index contributed by atoms with van der Waals surface area (Å²) in [5.74, 6) is 2.11. The molecule has 0 fully saturated rings. The molecule has 4 aromatic rings. The van der Waals surface area contributed by atoms with Crippen LogP contribution in [0.1, 0.15) is 63.5 Å². The SMILES string of the molecule is CC1=C(c2ccc(O)c(-c3ccccc3)c2)CCC(C2CCC(c3ccc(O)c(-c4ccccc4)c3)=C(C)C2)C1. The maximum absolute atomic E-state index is 10.5. The predicted molar refractivity (Wildman–Crippen MR) is 167 cm³/mol. The van der Waals surface area contributed by atoms with Gasteiger partial charge in [0, 0.05) is 11.1 Å². The minimum absolute atomic E-state index is 0.340. The number of phenols is 2. The molecule has 2 aliphatic carbocycles. The fourth-order valence-electron chi connectivity index (χ4n) is 7.05. The maximum Gasteiger partial charge on any atom is 0.123 e. The van der Waals surface area contributed by atoms with Gasteiger partial charge in [-0.1, -0.05) is 83.9 Å². The van der Waals surface area contributed by atoms with E-state index in [4.69, 9.17) is 0 Å². The van der Waals surface area contributed by atoms with Crippen LogP contribution >= 0.6 is 0 Å². The second-order valence-corrected chi connectivity index (χ2v) is 11.7. The summed E-state index contributed by atoms with van der Waals surface area (Å²) in [4.78, 5) is 0. The van der Waals surface area contributed by atoms with Crippen LogP contribution in [-0.4, -0.2) is 10.2 Å². The summed E-state index contributed by atoms with van der Waals surface area (Å²) in [6.45, 7) is 4.63. The highest BCUT2D eigenvalue weighted by Gasteiger charge is 2.30. The summed E-state index contributed by atoms with van der Waals surface area (Å²) in [6.07, 6.45) is 6.95. The molecule has 0 radical (unpaired) electrons. The average Bonchev–Trinajstić information content (AvgIpc) is 2.99. The van der Waals surface area contributed by atoms with Gasteiger partial charge in [-0.2, -0.15) is 0 Å². The third-order valence-electron chi connectivity index (χ3n) is 9.22. The van der Waals surface area contributed by atoms with Crippen LogP contribution in [-0.2, 0) is 0 Å². The molecule has 0 aromatic heterocycles. The van der Waals surface area contributed by atoms with E-state index >= 15 is 0 Å². The second-order valence-electron chi connectivity index (χ2n) is 11.7. The lowest BCUT2D eigenvalue weighted by Crippen LogP contribution is -2.22. The van der Waals surface area contributed by atoms with Crippen LogP contribution in [0.3, 0.4) is 0 Å². The van der Waals surface area contributed by atoms with E-state index in [1.165, 1.54) is 46.3 Å². The predicted octanol–water partition coefficient (Wildman–Crippen LogP) is 10.3. The highest BCUT2D eigenvalue weighted by Crippen LogP contribution is 2.47. The summed E-state index contributed by atoms with van der Waals surface area (Å²) in [7, 11) is 0. The Morgan fingerprint density at radius 1 is 0.500 bits per heavy atom. The zero-order chi connectivity index (χ0) is 27.6. The third kappa shape index (κ3) is 5.23. The monoisotopic (exact) mass is 526 g/mol. The van der Waals surface area contributed by atoms with E-state index < -0.39 is 0 Å². The summed E-state index contributed by atoms with van der Waals surface area (Å²) >= 11 is 0. The topological polar surface area (TPSA) is 40.5 Å². The lowest BCUT2D eigenvalue weighted by molar-refractivity contribution is 0.281. The fourth-order valence-corrected chi connectivity index (χ4v) is 7.05. The zero-order valence-electron chi connectivity index (χ0n) is 23.5. The van der Waals surface area contributed by atoms with E-state index in [0.717, 1.165) is 47.9 Å². The van der Waals surface area contributed by atoms with E-state index in [1.807, 2.05) is 48.5 Å². The van der Waals surface area contributed by atoms with E-state index in [0.29, 0.717) is 23.3 Å². The van der Waals surface area contributed by atoms with E-state index in [-0.39, 0.29) is 0 Å². The van der Waals surface area contributed by atoms with Crippen LogP contribution in [0.25, 0.3) is 33.4 Å². The molecule has 2 nitrogen and oxygen atoms in total. The first kappa shape index (κ1) is 26.2. The number of aromatic hydroxyl groups is 2. The van der Waals surface area contributed by atoms with E-state index in [2.05, 4.69) is 62.4 Å². The Morgan fingerprint density at radius 3 is 1.27 bits per heavy atom. The minimum Gasteiger partial charge on any atom is -0.507 e. The molecule has 2 heteroatoms. The highest BCUT2D eigenvalue weighted by atomic mass is 16.3. The average molecular weight is 527 g/mol. The van der Waals surface area contributed by atoms with Gasteiger partial charge in [0.05, 0.1) is 0 Å². The molecule has 0 spiro atoms. The van der Waals surface area contributed by atoms with Gasteiger partial charge in [-0.3, -0.25) is 0 Å². The molecule has 0 amide bonds. The molecule has 2 unspecified atom stereocenters. The number of rotatable bonds is 5. The van der Waals surface area contributed by atoms with Gasteiger partial charge in [0.1, 0.15) is 11.5 Å². The maximum atomic E-state index is 10.5. The number of benzene rings is 4. The van der Waals surface area contributed by atoms with Crippen molar-refractivity contribution in [1.82, 2.24) is 0 Å². The van der Waals surface area contributed by atoms with Gasteiger partial charge >= 0.3 is 0 Å². The molecule has 0 bridgehead atoms. The molecule has 0 aliphatic heterocycles. The Morgan fingerprint density at radius 2 is 0.900 bits per heavy atom. The summed E-state index contributed by atoms with van der Waals surface area (Å²) in [5, 5.41) is 21.1. The molecule has 0 saturated heterocycles. The standard InChI is InChI=1S/C38H38O2/c1-25-21-29(13-17-33(25)31-15-19-37(39)35(23-31)27-9-5-3-6-10-27)30-14-18-34(26(2)22-30)32-16-20-38(40)36(24-32)28-11-7-4-8-12-28/h3-12,15-16,19-20,23-24,29-30,39-40H,13-14,17-18,21-22H2,1-2H3. The lowest BCUT2D eigenvalue weighted by Gasteiger charge is -2.36. The van der Waals surface area contributed by atoms with Gasteiger partial charge in [-0.25, -0.2) is 0 Å². The van der Waals surface area contributed by atoms with E-state index in [9.17, 15) is 10.2 Å². The normalized spacial score (nSPS) is 19.6. The second kappa shape index (κ2) is 11.2. The molecule has 2 N–H and O–H groups in total. The summed E-state index contributed by atoms with van der Waals surface area (Å²) in [6, 6.07) is 32.6. The summed E-state index contributed by atoms with van der Waals surface area (Å²) < 4.78 is 0. The van der Waals surface area contributed by atoms with Crippen LogP contribution < -0.4 is 0 Å². The highest BCUT2D eigenvalue weighted by molar-refractivity contribution is 5.79. The van der Waals surface area contributed by atoms with Crippen molar-refractivity contribution in [2.75, 3.05) is 0 Å². The zero-order valence-corrected chi connectivity index (χ0v) is 23.5. The minimum atomic E-state index is 0.340. The van der Waals surface area contributed by atoms with Gasteiger partial charge < -0.3 is 10.2 Å². The van der Waals surface area contributed by atoms with Crippen molar-refractivity contribution < 1.29 is 10.2 Å². The number of hydrogen-bond donors (Lipinski definition) is 2. The van der Waals surface area contributed by atoms with Crippen molar-refractivity contribution in [1.29, 1.82) is 0 Å². The number of hydrogen-bond acceptors (Lipinski definition) is 2. The van der Waals surface area contributed by atoms with Crippen molar-refractivity contribution in [3.05, 3.63) is 119 Å². The van der Waals surface area contributed by atoms with E-state index in [1.54, 1.807) is 0 Å². The first-order chi connectivity index (χ1) is 19.5. The van der Waals surface area contributed by atoms with Crippen molar-refractivity contribution >= 4 is 11.1 Å². The van der Waals surface area contributed by atoms with Gasteiger partial charge in [0.15, 0.2) is 0 Å². The number of phenolic OH excluding ortho intramolecular Hbond substituents is 2. The van der Waals surface area contributed by atoms with Gasteiger partial charge in [0.25, 0.3) is 0 Å². The van der Waals surface area contributed by atoms with Crippen LogP contribution in [0.4, 0.5) is 0 Å². The lowest BCUT2D eigenvalue weighted by atomic mass is 9.69. The first-order valence-electron chi connectivity index (χ1n) is 14.6. The summed E-state index contributed by atoms with van der Waals surface area (Å²) in [5.41, 5.74) is 12.3. The van der Waals surface area contributed by atoms with Crippen LogP contribution in [0, 0.1) is 11.8 Å². The quantitative estimate of drug-likeness (QED) is 0.271. The molecule has 202 valence electrons. The molecule has 2 aliphatic rings. The Hall–Kier alpha value is -4.04. The molecular weight excluding hydrogens is 488 g/mol. The van der Waals surface area contributed by atoms with Crippen molar-refractivity contribution in [3.63, 3.8) is 0 Å². The van der Waals surface area contributed by atoms with Crippen LogP contribution in [0.2, 0.25) is 0 Å². The van der Waals surface area contributed by atoms with Gasteiger partial charge in [-0.05, 0) is 122 Å². The van der Waals surface area contributed by atoms with Crippen molar-refractivity contribution in [3.8, 4) is 33.8 Å². The van der Waals surface area contributed by atoms with Crippen LogP contribution in [0.5, 0.6) is 11.5 Å². The molecule has 40 heavy (non-hydrogen) atoms. The molecular formula is C38H38O2. The molecule has 0 heterocycles. The van der Waals surface area contributed by atoms with Crippen molar-refractivity contribution in [2.45, 2.75) is 52.4 Å². The largest absolute Gasteiger partial charge is 0.507 e. The Bertz CT molecular complexity index is 1460. The third-order valence-corrected chi connectivity index (χ3v) is 9.22. The van der Waals surface area contributed by atoms with Crippen LogP contribution in [0.15, 0.2) is 108 Å². The smallest absolute Gasteiger partial charge is 0.123 e. The van der Waals surface area contributed by atoms with Crippen molar-refractivity contribution in [2.24, 2.45) is 11.8 Å². The Kier molecular flexibility index (Phi) is 7.34. The van der Waals surface area contributed by atoms with Gasteiger partial charge in [0.2, 0.25) is 0 Å². The fraction of sp³-hybridized carbons (Fsp3) is 0.263. The molecule has 2 atom stereocenters. The molecule has 0 saturated carbocycles. The first-order valence-corrected chi connectivity index (χ1v) is 14.6. The Balaban J connectivity index is 1.19. The molecule has 6 rings (SSSR count). The molecule has 4 aromatic carbocycles.